The molecule has 0 bridgehead atoms. The number of nitrogens with two attached hydrogens (primary N) is 1. The van der Waals surface area contributed by atoms with Crippen LogP contribution < -0.4 is 5.73 Å². The van der Waals surface area contributed by atoms with Gasteiger partial charge >= 0.3 is 0 Å². The van der Waals surface area contributed by atoms with Gasteiger partial charge in [0.2, 0.25) is 5.78 Å². The predicted molar refractivity (Wildman–Crippen MR) is 126 cm³/mol. The number of allylic oxidation sites excluding steroid dienone is 1. The first-order valence-corrected chi connectivity index (χ1v) is 11.5. The van der Waals surface area contributed by atoms with Crippen molar-refractivity contribution in [3.63, 3.8) is 0 Å². The summed E-state index contributed by atoms with van der Waals surface area (Å²) in [5, 5.41) is 44.1. The summed E-state index contributed by atoms with van der Waals surface area (Å²) in [5.74, 6) is -7.46. The van der Waals surface area contributed by atoms with Crippen LogP contribution in [0.1, 0.15) is 39.6 Å². The standard InChI is InChI=1S/C23H23IN2O8/c1-7(27)9-6-12(24)17(28)14-10(9)4-8-5-11-16(26(2)3)19(30)15(22(25)33)21(32)23(11,34)20(31)13(8)18(14)29/h6,8,11,16,28,30-31,34H,4-5H2,1-3H3,(H2,25,33)/t8-,11-,16-,23-/m1/s1. The van der Waals surface area contributed by atoms with E-state index in [1.54, 1.807) is 36.7 Å². The molecule has 1 aromatic carbocycles. The van der Waals surface area contributed by atoms with Crippen LogP contribution in [0, 0.1) is 15.4 Å². The van der Waals surface area contributed by atoms with Crippen LogP contribution in [0.3, 0.4) is 0 Å². The largest absolute Gasteiger partial charge is 0.510 e. The Bertz CT molecular complexity index is 1260. The Labute approximate surface area is 207 Å². The van der Waals surface area contributed by atoms with Gasteiger partial charge in [0.25, 0.3) is 5.91 Å². The first-order chi connectivity index (χ1) is 15.7. The van der Waals surface area contributed by atoms with Gasteiger partial charge in [-0.3, -0.25) is 24.1 Å². The Hall–Kier alpha value is -2.77. The lowest BCUT2D eigenvalue weighted by Crippen LogP contribution is -2.63. The van der Waals surface area contributed by atoms with Gasteiger partial charge in [0.15, 0.2) is 17.2 Å². The lowest BCUT2D eigenvalue weighted by Gasteiger charge is -2.50. The number of aliphatic hydroxyl groups is 3. The molecular formula is C23H23IN2O8. The molecule has 10 nitrogen and oxygen atoms in total. The van der Waals surface area contributed by atoms with Gasteiger partial charge in [-0.15, -0.1) is 0 Å². The molecule has 1 amide bonds. The van der Waals surface area contributed by atoms with Crippen molar-refractivity contribution in [2.24, 2.45) is 17.6 Å². The van der Waals surface area contributed by atoms with E-state index in [2.05, 4.69) is 0 Å². The van der Waals surface area contributed by atoms with Gasteiger partial charge in [-0.2, -0.15) is 0 Å². The van der Waals surface area contributed by atoms with Crippen LogP contribution in [0.25, 0.3) is 0 Å². The Morgan fingerprint density at radius 3 is 2.35 bits per heavy atom. The second-order valence-electron chi connectivity index (χ2n) is 9.13. The number of aromatic hydroxyl groups is 1. The molecule has 6 N–H and O–H groups in total. The number of hydrogen-bond acceptors (Lipinski definition) is 9. The zero-order valence-electron chi connectivity index (χ0n) is 18.5. The molecule has 0 spiro atoms. The van der Waals surface area contributed by atoms with Crippen molar-refractivity contribution in [3.05, 3.63) is 49.0 Å². The maximum atomic E-state index is 13.5. The second kappa shape index (κ2) is 7.89. The third kappa shape index (κ3) is 3.06. The van der Waals surface area contributed by atoms with E-state index in [0.717, 1.165) is 0 Å². The molecule has 0 heterocycles. The highest BCUT2D eigenvalue weighted by molar-refractivity contribution is 14.1. The van der Waals surface area contributed by atoms with Crippen LogP contribution in [0.15, 0.2) is 28.7 Å². The number of benzene rings is 1. The summed E-state index contributed by atoms with van der Waals surface area (Å²) in [6.07, 6.45) is 0.0454. The number of nitrogens with zero attached hydrogens (tertiary/aromatic N) is 1. The summed E-state index contributed by atoms with van der Waals surface area (Å²) in [4.78, 5) is 52.5. The Balaban J connectivity index is 2.00. The van der Waals surface area contributed by atoms with Crippen molar-refractivity contribution in [2.45, 2.75) is 31.4 Å². The summed E-state index contributed by atoms with van der Waals surface area (Å²) in [5.41, 5.74) is 1.91. The van der Waals surface area contributed by atoms with E-state index in [0.29, 0.717) is 5.56 Å². The fraction of sp³-hybridized carbons (Fsp3) is 0.391. The minimum Gasteiger partial charge on any atom is -0.510 e. The van der Waals surface area contributed by atoms with E-state index in [1.807, 2.05) is 0 Å². The summed E-state index contributed by atoms with van der Waals surface area (Å²) in [7, 11) is 3.11. The van der Waals surface area contributed by atoms with Crippen molar-refractivity contribution >= 4 is 45.8 Å². The number of likely N-dealkylation sites (N-methyl/N-ethyl adjacent to an activating group) is 1. The normalized spacial score (nSPS) is 28.6. The number of carbonyl (C=O) groups excluding carboxylic acids is 4. The van der Waals surface area contributed by atoms with Gasteiger partial charge in [-0.25, -0.2) is 0 Å². The summed E-state index contributed by atoms with van der Waals surface area (Å²) >= 11 is 1.78. The average Bonchev–Trinajstić information content (AvgIpc) is 2.72. The molecule has 3 aliphatic carbocycles. The van der Waals surface area contributed by atoms with E-state index < -0.39 is 58.0 Å². The zero-order chi connectivity index (χ0) is 25.4. The van der Waals surface area contributed by atoms with Crippen LogP contribution in [-0.4, -0.2) is 74.3 Å². The van der Waals surface area contributed by atoms with E-state index in [-0.39, 0.29) is 44.6 Å². The quantitative estimate of drug-likeness (QED) is 0.197. The number of carbonyl (C=O) groups is 4. The van der Waals surface area contributed by atoms with E-state index >= 15 is 0 Å². The summed E-state index contributed by atoms with van der Waals surface area (Å²) < 4.78 is 0.256. The van der Waals surface area contributed by atoms with Gasteiger partial charge < -0.3 is 26.2 Å². The number of phenols is 1. The first kappa shape index (κ1) is 24.4. The van der Waals surface area contributed by atoms with Gasteiger partial charge in [-0.05, 0) is 74.0 Å². The lowest BCUT2D eigenvalue weighted by atomic mass is 9.58. The first-order valence-electron chi connectivity index (χ1n) is 10.4. The zero-order valence-corrected chi connectivity index (χ0v) is 20.7. The van der Waals surface area contributed by atoms with E-state index in [4.69, 9.17) is 5.73 Å². The number of Topliss-reactive ketones (excluding diaryl/α,β-unsaturated/α-hetero) is 3. The molecule has 180 valence electrons. The summed E-state index contributed by atoms with van der Waals surface area (Å²) in [6.45, 7) is 1.34. The lowest BCUT2D eigenvalue weighted by molar-refractivity contribution is -0.148. The van der Waals surface area contributed by atoms with Crippen LogP contribution in [0.2, 0.25) is 0 Å². The second-order valence-corrected chi connectivity index (χ2v) is 10.3. The minimum atomic E-state index is -2.69. The predicted octanol–water partition coefficient (Wildman–Crippen LogP) is 0.928. The maximum absolute atomic E-state index is 13.5. The SMILES string of the molecule is CC(=O)c1cc(I)c(O)c2c1C[C@@H]1C[C@@H]3[C@@H](N(C)C)C(O)=C(C(N)=O)C(=O)[C@]3(O)C(O)=C1C2=O. The molecule has 0 radical (unpaired) electrons. The molecule has 4 atom stereocenters. The van der Waals surface area contributed by atoms with Gasteiger partial charge in [-0.1, -0.05) is 0 Å². The van der Waals surface area contributed by atoms with Crippen molar-refractivity contribution in [1.29, 1.82) is 0 Å². The monoisotopic (exact) mass is 582 g/mol. The van der Waals surface area contributed by atoms with E-state index in [9.17, 15) is 39.6 Å². The fourth-order valence-electron chi connectivity index (χ4n) is 5.60. The number of fused-ring (bicyclic) bond motifs is 3. The highest BCUT2D eigenvalue weighted by Crippen LogP contribution is 2.52. The number of rotatable bonds is 3. The van der Waals surface area contributed by atoms with Gasteiger partial charge in [0, 0.05) is 17.1 Å². The smallest absolute Gasteiger partial charge is 0.255 e. The minimum absolute atomic E-state index is 0.0319. The molecule has 0 aromatic heterocycles. The number of phenolic OH excluding ortho intramolecular Hbond substituents is 1. The molecule has 0 fully saturated rings. The maximum Gasteiger partial charge on any atom is 0.255 e. The van der Waals surface area contributed by atoms with Gasteiger partial charge in [0.1, 0.15) is 22.8 Å². The average molecular weight is 582 g/mol. The molecule has 0 saturated heterocycles. The van der Waals surface area contributed by atoms with Crippen LogP contribution in [0.5, 0.6) is 5.75 Å². The molecule has 0 unspecified atom stereocenters. The van der Waals surface area contributed by atoms with Crippen LogP contribution in [-0.2, 0) is 16.0 Å². The highest BCUT2D eigenvalue weighted by atomic mass is 127. The number of ketones is 3. The Kier molecular flexibility index (Phi) is 5.65. The molecule has 0 aliphatic heterocycles. The Morgan fingerprint density at radius 1 is 1.21 bits per heavy atom. The van der Waals surface area contributed by atoms with Crippen molar-refractivity contribution < 1.29 is 39.6 Å². The van der Waals surface area contributed by atoms with Crippen LogP contribution in [0.4, 0.5) is 0 Å². The molecule has 1 aromatic rings. The van der Waals surface area contributed by atoms with Crippen molar-refractivity contribution in [2.75, 3.05) is 14.1 Å². The highest BCUT2D eigenvalue weighted by Gasteiger charge is 2.63. The summed E-state index contributed by atoms with van der Waals surface area (Å²) in [6, 6.07) is 0.418. The van der Waals surface area contributed by atoms with Crippen molar-refractivity contribution in [1.82, 2.24) is 4.90 Å². The molecule has 4 rings (SSSR count). The molecular weight excluding hydrogens is 559 g/mol. The van der Waals surface area contributed by atoms with E-state index in [1.165, 1.54) is 17.9 Å². The van der Waals surface area contributed by atoms with Crippen LogP contribution >= 0.6 is 22.6 Å². The number of hydrogen-bond donors (Lipinski definition) is 5. The number of aliphatic hydroxyl groups excluding tert-OH is 2. The third-order valence-corrected chi connectivity index (χ3v) is 7.88. The molecule has 0 saturated carbocycles. The molecule has 11 heteroatoms. The number of halogens is 1. The topological polar surface area (TPSA) is 178 Å². The molecule has 3 aliphatic rings. The third-order valence-electron chi connectivity index (χ3n) is 7.06. The molecule has 34 heavy (non-hydrogen) atoms. The number of primary amides is 1. The van der Waals surface area contributed by atoms with Crippen molar-refractivity contribution in [3.8, 4) is 5.75 Å². The van der Waals surface area contributed by atoms with Gasteiger partial charge in [0.05, 0.1) is 15.2 Å². The number of amides is 1. The Morgan fingerprint density at radius 2 is 1.82 bits per heavy atom. The fourth-order valence-corrected chi connectivity index (χ4v) is 6.18.